The van der Waals surface area contributed by atoms with E-state index in [2.05, 4.69) is 25.3 Å². The quantitative estimate of drug-likeness (QED) is 0.407. The van der Waals surface area contributed by atoms with Gasteiger partial charge in [-0.2, -0.15) is 18.3 Å². The second kappa shape index (κ2) is 10.3. The molecular formula is C23H23ClF3N7O4. The van der Waals surface area contributed by atoms with Gasteiger partial charge in [-0.15, -0.1) is 0 Å². The molecule has 0 aliphatic carbocycles. The van der Waals surface area contributed by atoms with Crippen LogP contribution in [0.25, 0.3) is 11.3 Å². The first-order chi connectivity index (χ1) is 18.1. The lowest BCUT2D eigenvalue weighted by molar-refractivity contribution is -0.142. The number of nitrogens with one attached hydrogen (secondary N) is 1. The molecule has 1 saturated heterocycles. The van der Waals surface area contributed by atoms with Gasteiger partial charge in [0.05, 0.1) is 35.2 Å². The van der Waals surface area contributed by atoms with Gasteiger partial charge in [0.2, 0.25) is 5.88 Å². The number of hydrogen-bond acceptors (Lipinski definition) is 8. The third-order valence-electron chi connectivity index (χ3n) is 6.12. The number of anilines is 3. The molecular weight excluding hydrogens is 531 g/mol. The monoisotopic (exact) mass is 553 g/mol. The molecule has 2 amide bonds. The van der Waals surface area contributed by atoms with Crippen molar-refractivity contribution in [3.63, 3.8) is 0 Å². The molecule has 3 N–H and O–H groups in total. The van der Waals surface area contributed by atoms with Crippen LogP contribution in [0.3, 0.4) is 0 Å². The molecule has 5 rings (SSSR count). The van der Waals surface area contributed by atoms with Crippen molar-refractivity contribution < 1.29 is 32.9 Å². The van der Waals surface area contributed by atoms with Gasteiger partial charge in [-0.25, -0.2) is 14.8 Å². The lowest BCUT2D eigenvalue weighted by Crippen LogP contribution is -2.48. The van der Waals surface area contributed by atoms with E-state index in [1.54, 1.807) is 12.1 Å². The second-order valence-electron chi connectivity index (χ2n) is 8.92. The number of aliphatic hydroxyl groups is 2. The number of amides is 2. The predicted octanol–water partition coefficient (Wildman–Crippen LogP) is 2.92. The van der Waals surface area contributed by atoms with E-state index in [1.165, 1.54) is 29.6 Å². The Morgan fingerprint density at radius 1 is 1.34 bits per heavy atom. The van der Waals surface area contributed by atoms with Crippen LogP contribution in [-0.2, 0) is 6.54 Å². The normalized spacial score (nSPS) is 17.4. The number of ether oxygens (including phenoxy) is 1. The van der Waals surface area contributed by atoms with E-state index in [-0.39, 0.29) is 34.8 Å². The molecule has 0 unspecified atom stereocenters. The Kier molecular flexibility index (Phi) is 7.03. The Hall–Kier alpha value is -3.62. The highest BCUT2D eigenvalue weighted by molar-refractivity contribution is 6.33. The molecule has 1 fully saturated rings. The summed E-state index contributed by atoms with van der Waals surface area (Å²) in [5, 5.41) is 25.2. The van der Waals surface area contributed by atoms with Crippen LogP contribution < -0.4 is 19.9 Å². The number of carbonyl (C=O) groups excluding carboxylic acids is 1. The Morgan fingerprint density at radius 2 is 2.16 bits per heavy atom. The van der Waals surface area contributed by atoms with Crippen molar-refractivity contribution >= 4 is 34.8 Å². The first-order valence-electron chi connectivity index (χ1n) is 11.6. The Balaban J connectivity index is 1.42. The number of carbonyl (C=O) groups is 1. The standard InChI is InChI=1S/C23H23ClF3N7O4/c24-17-6-18-21(31-20(17)13-7-29-33(8-13)12-23(25,26)27)34(15-2-4-32(18)9-15)22(37)30-14-1-3-28-19(5-14)38-11-16(36)10-35/h1,3,5-8,15-16,35-36H,2,4,9-12H2,(H,28,30,37)/t15-,16-/m0/s1. The molecule has 5 heterocycles. The average Bonchev–Trinajstić information content (AvgIpc) is 3.50. The summed E-state index contributed by atoms with van der Waals surface area (Å²) in [6.45, 7) is -0.638. The van der Waals surface area contributed by atoms with Crippen LogP contribution in [0, 0.1) is 0 Å². The van der Waals surface area contributed by atoms with Crippen molar-refractivity contribution in [2.75, 3.05) is 41.4 Å². The maximum Gasteiger partial charge on any atom is 0.408 e. The summed E-state index contributed by atoms with van der Waals surface area (Å²) in [5.41, 5.74) is 1.52. The fraction of sp³-hybridized carbons (Fsp3) is 0.391. The highest BCUT2D eigenvalue weighted by atomic mass is 35.5. The zero-order valence-corrected chi connectivity index (χ0v) is 20.5. The van der Waals surface area contributed by atoms with E-state index in [0.29, 0.717) is 36.7 Å². The van der Waals surface area contributed by atoms with Gasteiger partial charge in [-0.05, 0) is 18.6 Å². The lowest BCUT2D eigenvalue weighted by Gasteiger charge is -2.36. The van der Waals surface area contributed by atoms with Crippen molar-refractivity contribution in [2.24, 2.45) is 0 Å². The number of fused-ring (bicyclic) bond motifs is 4. The van der Waals surface area contributed by atoms with Crippen LogP contribution >= 0.6 is 11.6 Å². The van der Waals surface area contributed by atoms with Crippen molar-refractivity contribution in [3.05, 3.63) is 41.8 Å². The lowest BCUT2D eigenvalue weighted by atomic mass is 10.1. The molecule has 2 atom stereocenters. The highest BCUT2D eigenvalue weighted by Crippen LogP contribution is 2.43. The highest BCUT2D eigenvalue weighted by Gasteiger charge is 2.41. The smallest absolute Gasteiger partial charge is 0.408 e. The molecule has 0 saturated carbocycles. The van der Waals surface area contributed by atoms with Crippen molar-refractivity contribution in [1.82, 2.24) is 19.7 Å². The molecule has 0 radical (unpaired) electrons. The van der Waals surface area contributed by atoms with E-state index >= 15 is 0 Å². The first-order valence-corrected chi connectivity index (χ1v) is 12.0. The third kappa shape index (κ3) is 5.47. The molecule has 3 aromatic rings. The average molecular weight is 554 g/mol. The Morgan fingerprint density at radius 3 is 2.92 bits per heavy atom. The molecule has 11 nitrogen and oxygen atoms in total. The molecule has 2 aliphatic rings. The maximum atomic E-state index is 13.5. The van der Waals surface area contributed by atoms with E-state index in [4.69, 9.17) is 21.4 Å². The van der Waals surface area contributed by atoms with Gasteiger partial charge < -0.3 is 25.2 Å². The van der Waals surface area contributed by atoms with Crippen LogP contribution in [0.5, 0.6) is 5.88 Å². The van der Waals surface area contributed by atoms with Gasteiger partial charge >= 0.3 is 12.2 Å². The second-order valence-corrected chi connectivity index (χ2v) is 9.33. The number of pyridine rings is 2. The minimum atomic E-state index is -4.44. The van der Waals surface area contributed by atoms with Gasteiger partial charge in [0.25, 0.3) is 0 Å². The van der Waals surface area contributed by atoms with Crippen LogP contribution in [0.4, 0.5) is 35.2 Å². The molecule has 0 spiro atoms. The summed E-state index contributed by atoms with van der Waals surface area (Å²) in [6, 6.07) is 4.04. The molecule has 15 heteroatoms. The van der Waals surface area contributed by atoms with Crippen LogP contribution in [0.2, 0.25) is 5.02 Å². The summed E-state index contributed by atoms with van der Waals surface area (Å²) in [6.07, 6.45) is -0.939. The number of rotatable bonds is 7. The van der Waals surface area contributed by atoms with E-state index in [1.807, 2.05) is 0 Å². The SMILES string of the molecule is O=C(Nc1ccnc(OC[C@@H](O)CO)c1)N1c2nc(-c3cnn(CC(F)(F)F)c3)c(Cl)cc2N2CC[C@H]1C2. The summed E-state index contributed by atoms with van der Waals surface area (Å²) in [5.74, 6) is 0.472. The van der Waals surface area contributed by atoms with Crippen LogP contribution in [0.1, 0.15) is 6.42 Å². The number of nitrogens with zero attached hydrogens (tertiary/aromatic N) is 6. The Labute approximate surface area is 219 Å². The fourth-order valence-electron chi connectivity index (χ4n) is 4.43. The number of hydrogen-bond donors (Lipinski definition) is 3. The summed E-state index contributed by atoms with van der Waals surface area (Å²) in [7, 11) is 0. The maximum absolute atomic E-state index is 13.5. The minimum Gasteiger partial charge on any atom is -0.475 e. The number of alkyl halides is 3. The summed E-state index contributed by atoms with van der Waals surface area (Å²) in [4.78, 5) is 25.7. The topological polar surface area (TPSA) is 129 Å². The van der Waals surface area contributed by atoms with E-state index in [9.17, 15) is 23.1 Å². The molecule has 2 bridgehead atoms. The molecule has 0 aromatic carbocycles. The van der Waals surface area contributed by atoms with Crippen LogP contribution in [0.15, 0.2) is 36.8 Å². The largest absolute Gasteiger partial charge is 0.475 e. The third-order valence-corrected chi connectivity index (χ3v) is 6.41. The summed E-state index contributed by atoms with van der Waals surface area (Å²) >= 11 is 6.49. The number of halogens is 4. The number of aliphatic hydroxyl groups excluding tert-OH is 2. The van der Waals surface area contributed by atoms with Crippen molar-refractivity contribution in [2.45, 2.75) is 31.3 Å². The minimum absolute atomic E-state index is 0.143. The van der Waals surface area contributed by atoms with E-state index in [0.717, 1.165) is 4.68 Å². The van der Waals surface area contributed by atoms with Crippen LogP contribution in [-0.4, -0.2) is 80.6 Å². The predicted molar refractivity (Wildman–Crippen MR) is 131 cm³/mol. The first kappa shape index (κ1) is 26.0. The van der Waals surface area contributed by atoms with Crippen molar-refractivity contribution in [1.29, 1.82) is 0 Å². The Bertz CT molecular complexity index is 1340. The fourth-order valence-corrected chi connectivity index (χ4v) is 4.68. The number of aromatic nitrogens is 4. The zero-order valence-electron chi connectivity index (χ0n) is 19.8. The zero-order chi connectivity index (χ0) is 27.0. The number of urea groups is 1. The molecule has 3 aromatic heterocycles. The summed E-state index contributed by atoms with van der Waals surface area (Å²) < 4.78 is 44.5. The van der Waals surface area contributed by atoms with Crippen molar-refractivity contribution in [3.8, 4) is 17.1 Å². The van der Waals surface area contributed by atoms with Gasteiger partial charge in [-0.3, -0.25) is 9.58 Å². The molecule has 202 valence electrons. The van der Waals surface area contributed by atoms with Gasteiger partial charge in [-0.1, -0.05) is 11.6 Å². The molecule has 2 aliphatic heterocycles. The van der Waals surface area contributed by atoms with Gasteiger partial charge in [0, 0.05) is 42.8 Å². The van der Waals surface area contributed by atoms with Gasteiger partial charge in [0.1, 0.15) is 19.3 Å². The van der Waals surface area contributed by atoms with Gasteiger partial charge in [0.15, 0.2) is 5.82 Å². The van der Waals surface area contributed by atoms with E-state index < -0.39 is 31.5 Å². The molecule has 38 heavy (non-hydrogen) atoms.